The smallest absolute Gasteiger partial charge is 0.260 e. The molecule has 0 radical (unpaired) electrons. The lowest BCUT2D eigenvalue weighted by atomic mass is 10.0. The molecule has 0 aliphatic heterocycles. The number of benzene rings is 2. The van der Waals surface area contributed by atoms with Crippen molar-refractivity contribution in [3.05, 3.63) is 80.7 Å². The maximum absolute atomic E-state index is 13.2. The van der Waals surface area contributed by atoms with Gasteiger partial charge in [-0.2, -0.15) is 0 Å². The third-order valence-corrected chi connectivity index (χ3v) is 6.40. The van der Waals surface area contributed by atoms with Crippen molar-refractivity contribution in [1.29, 1.82) is 0 Å². The summed E-state index contributed by atoms with van der Waals surface area (Å²) < 4.78 is 13.2. The summed E-state index contributed by atoms with van der Waals surface area (Å²) >= 11 is 3.01. The van der Waals surface area contributed by atoms with Crippen LogP contribution in [-0.2, 0) is 5.75 Å². The molecule has 136 valence electrons. The number of aryl methyl sites for hydroxylation is 2. The van der Waals surface area contributed by atoms with Gasteiger partial charge in [0.25, 0.3) is 5.56 Å². The number of fused-ring (bicyclic) bond motifs is 1. The summed E-state index contributed by atoms with van der Waals surface area (Å²) in [5, 5.41) is 1.19. The third-order valence-electron chi connectivity index (χ3n) is 4.47. The first-order valence-corrected chi connectivity index (χ1v) is 10.3. The summed E-state index contributed by atoms with van der Waals surface area (Å²) in [6.45, 7) is 4.04. The highest BCUT2D eigenvalue weighted by molar-refractivity contribution is 7.98. The van der Waals surface area contributed by atoms with Gasteiger partial charge in [0, 0.05) is 16.2 Å². The summed E-state index contributed by atoms with van der Waals surface area (Å²) in [5.41, 5.74) is 3.95. The molecule has 6 heteroatoms. The first kappa shape index (κ1) is 17.9. The zero-order chi connectivity index (χ0) is 19.0. The number of H-pyrrole nitrogens is 1. The lowest BCUT2D eigenvalue weighted by Gasteiger charge is -2.05. The molecule has 2 heterocycles. The van der Waals surface area contributed by atoms with Crippen LogP contribution in [0.5, 0.6) is 0 Å². The van der Waals surface area contributed by atoms with Crippen LogP contribution in [0.2, 0.25) is 0 Å². The molecule has 0 bridgehead atoms. The van der Waals surface area contributed by atoms with Crippen molar-refractivity contribution in [1.82, 2.24) is 9.97 Å². The van der Waals surface area contributed by atoms with Crippen molar-refractivity contribution >= 4 is 33.3 Å². The van der Waals surface area contributed by atoms with Crippen molar-refractivity contribution in [3.63, 3.8) is 0 Å². The summed E-state index contributed by atoms with van der Waals surface area (Å²) in [4.78, 5) is 22.0. The molecular formula is C21H17FN2OS2. The van der Waals surface area contributed by atoms with Crippen molar-refractivity contribution in [2.75, 3.05) is 0 Å². The number of thiophene rings is 1. The molecule has 0 spiro atoms. The van der Waals surface area contributed by atoms with Crippen molar-refractivity contribution in [3.8, 4) is 11.1 Å². The fraction of sp³-hybridized carbons (Fsp3) is 0.143. The summed E-state index contributed by atoms with van der Waals surface area (Å²) in [7, 11) is 0. The molecule has 2 aromatic carbocycles. The molecule has 2 aromatic heterocycles. The Labute approximate surface area is 164 Å². The second-order valence-electron chi connectivity index (χ2n) is 6.31. The Kier molecular flexibility index (Phi) is 4.85. The van der Waals surface area contributed by atoms with E-state index in [1.165, 1.54) is 46.4 Å². The van der Waals surface area contributed by atoms with E-state index in [1.807, 2.05) is 19.1 Å². The van der Waals surface area contributed by atoms with Gasteiger partial charge in [0.1, 0.15) is 10.6 Å². The minimum Gasteiger partial charge on any atom is -0.301 e. The number of nitrogens with zero attached hydrogens (tertiary/aromatic N) is 1. The maximum Gasteiger partial charge on any atom is 0.260 e. The predicted molar refractivity (Wildman–Crippen MR) is 111 cm³/mol. The molecule has 0 amide bonds. The van der Waals surface area contributed by atoms with E-state index >= 15 is 0 Å². The van der Waals surface area contributed by atoms with Crippen LogP contribution in [0, 0.1) is 19.7 Å². The van der Waals surface area contributed by atoms with Crippen LogP contribution in [0.4, 0.5) is 4.39 Å². The van der Waals surface area contributed by atoms with Crippen LogP contribution in [0.1, 0.15) is 16.0 Å². The van der Waals surface area contributed by atoms with Crippen molar-refractivity contribution < 1.29 is 4.39 Å². The lowest BCUT2D eigenvalue weighted by molar-refractivity contribution is 0.628. The van der Waals surface area contributed by atoms with Gasteiger partial charge < -0.3 is 4.98 Å². The molecular weight excluding hydrogens is 379 g/mol. The zero-order valence-corrected chi connectivity index (χ0v) is 16.5. The molecule has 0 atom stereocenters. The summed E-state index contributed by atoms with van der Waals surface area (Å²) in [6.07, 6.45) is 0. The predicted octanol–water partition coefficient (Wildman–Crippen LogP) is 5.70. The van der Waals surface area contributed by atoms with E-state index in [2.05, 4.69) is 29.0 Å². The first-order valence-electron chi connectivity index (χ1n) is 8.49. The molecule has 0 aliphatic rings. The van der Waals surface area contributed by atoms with Crippen LogP contribution in [0.15, 0.2) is 58.5 Å². The number of nitrogens with one attached hydrogen (secondary N) is 1. The van der Waals surface area contributed by atoms with Crippen molar-refractivity contribution in [2.45, 2.75) is 24.8 Å². The second-order valence-corrected chi connectivity index (χ2v) is 8.47. The van der Waals surface area contributed by atoms with Gasteiger partial charge in [-0.3, -0.25) is 4.79 Å². The molecule has 0 unspecified atom stereocenters. The van der Waals surface area contributed by atoms with E-state index in [4.69, 9.17) is 0 Å². The number of thioether (sulfide) groups is 1. The number of aromatic nitrogens is 2. The minimum absolute atomic E-state index is 0.157. The standard InChI is InChI=1S/C21H17FN2OS2/c1-12-5-3-4-6-15(12)11-26-21-23-19(25)18-17(13(2)27-20(18)24-21)14-7-9-16(22)10-8-14/h3-10H,11H2,1-2H3,(H,23,24,25). The Hall–Kier alpha value is -2.44. The Bertz CT molecular complexity index is 1180. The van der Waals surface area contributed by atoms with Crippen LogP contribution < -0.4 is 5.56 Å². The van der Waals surface area contributed by atoms with Crippen LogP contribution in [0.25, 0.3) is 21.3 Å². The lowest BCUT2D eigenvalue weighted by Crippen LogP contribution is -2.08. The fourth-order valence-electron chi connectivity index (χ4n) is 3.05. The molecule has 0 fully saturated rings. The van der Waals surface area contributed by atoms with Gasteiger partial charge in [0.2, 0.25) is 0 Å². The van der Waals surface area contributed by atoms with E-state index in [-0.39, 0.29) is 11.4 Å². The van der Waals surface area contributed by atoms with E-state index in [0.717, 1.165) is 21.8 Å². The fourth-order valence-corrected chi connectivity index (χ4v) is 5.09. The van der Waals surface area contributed by atoms with Gasteiger partial charge in [-0.15, -0.1) is 11.3 Å². The zero-order valence-electron chi connectivity index (χ0n) is 14.9. The van der Waals surface area contributed by atoms with Gasteiger partial charge in [-0.1, -0.05) is 48.2 Å². The van der Waals surface area contributed by atoms with Crippen LogP contribution >= 0.6 is 23.1 Å². The molecule has 0 saturated heterocycles. The summed E-state index contributed by atoms with van der Waals surface area (Å²) in [6, 6.07) is 14.4. The topological polar surface area (TPSA) is 45.8 Å². The first-order chi connectivity index (χ1) is 13.0. The highest BCUT2D eigenvalue weighted by atomic mass is 32.2. The third kappa shape index (κ3) is 3.55. The number of hydrogen-bond acceptors (Lipinski definition) is 4. The average Bonchev–Trinajstić information content (AvgIpc) is 2.98. The van der Waals surface area contributed by atoms with Crippen LogP contribution in [0.3, 0.4) is 0 Å². The van der Waals surface area contributed by atoms with Gasteiger partial charge in [-0.25, -0.2) is 9.37 Å². The largest absolute Gasteiger partial charge is 0.301 e. The molecule has 0 saturated carbocycles. The molecule has 1 N–H and O–H groups in total. The Morgan fingerprint density at radius 1 is 1.11 bits per heavy atom. The number of halogens is 1. The average molecular weight is 397 g/mol. The number of hydrogen-bond donors (Lipinski definition) is 1. The van der Waals surface area contributed by atoms with Gasteiger partial charge >= 0.3 is 0 Å². The normalized spacial score (nSPS) is 11.2. The molecule has 0 aliphatic carbocycles. The second kappa shape index (κ2) is 7.29. The minimum atomic E-state index is -0.294. The molecule has 3 nitrogen and oxygen atoms in total. The quantitative estimate of drug-likeness (QED) is 0.355. The van der Waals surface area contributed by atoms with Crippen LogP contribution in [-0.4, -0.2) is 9.97 Å². The summed E-state index contributed by atoms with van der Waals surface area (Å²) in [5.74, 6) is 0.453. The number of aromatic amines is 1. The van der Waals surface area contributed by atoms with E-state index in [9.17, 15) is 9.18 Å². The number of rotatable bonds is 4. The Balaban J connectivity index is 1.72. The SMILES string of the molecule is Cc1ccccc1CSc1nc2sc(C)c(-c3ccc(F)cc3)c2c(=O)[nH]1. The van der Waals surface area contributed by atoms with Crippen molar-refractivity contribution in [2.24, 2.45) is 0 Å². The van der Waals surface area contributed by atoms with E-state index in [0.29, 0.717) is 15.4 Å². The highest BCUT2D eigenvalue weighted by Gasteiger charge is 2.17. The van der Waals surface area contributed by atoms with Gasteiger partial charge in [0.15, 0.2) is 5.16 Å². The van der Waals surface area contributed by atoms with E-state index < -0.39 is 0 Å². The molecule has 4 rings (SSSR count). The Morgan fingerprint density at radius 3 is 2.59 bits per heavy atom. The molecule has 27 heavy (non-hydrogen) atoms. The van der Waals surface area contributed by atoms with Gasteiger partial charge in [-0.05, 0) is 42.7 Å². The van der Waals surface area contributed by atoms with Gasteiger partial charge in [0.05, 0.1) is 5.39 Å². The maximum atomic E-state index is 13.2. The monoisotopic (exact) mass is 396 g/mol. The Morgan fingerprint density at radius 2 is 1.85 bits per heavy atom. The van der Waals surface area contributed by atoms with E-state index in [1.54, 1.807) is 12.1 Å². The molecule has 4 aromatic rings. The highest BCUT2D eigenvalue weighted by Crippen LogP contribution is 2.36.